The lowest BCUT2D eigenvalue weighted by molar-refractivity contribution is -0.142. The molecule has 4 unspecified atom stereocenters. The van der Waals surface area contributed by atoms with Gasteiger partial charge in [0.2, 0.25) is 17.7 Å². The molecule has 240 valence electrons. The van der Waals surface area contributed by atoms with Gasteiger partial charge in [-0.2, -0.15) is 0 Å². The van der Waals surface area contributed by atoms with Gasteiger partial charge in [0.15, 0.2) is 0 Å². The molecule has 0 spiro atoms. The molecule has 0 bridgehead atoms. The maximum atomic E-state index is 13.8. The van der Waals surface area contributed by atoms with Crippen molar-refractivity contribution in [1.82, 2.24) is 25.9 Å². The lowest BCUT2D eigenvalue weighted by Gasteiger charge is -2.26. The Morgan fingerprint density at radius 2 is 1.22 bits per heavy atom. The summed E-state index contributed by atoms with van der Waals surface area (Å²) in [5.74, 6) is -3.06. The van der Waals surface area contributed by atoms with E-state index in [2.05, 4.69) is 25.9 Å². The van der Waals surface area contributed by atoms with Gasteiger partial charge in [-0.15, -0.1) is 0 Å². The first-order valence-electron chi connectivity index (χ1n) is 15.3. The van der Waals surface area contributed by atoms with Crippen LogP contribution in [0.3, 0.4) is 0 Å². The van der Waals surface area contributed by atoms with Crippen LogP contribution in [0.2, 0.25) is 0 Å². The van der Waals surface area contributed by atoms with Crippen LogP contribution in [0.15, 0.2) is 60.9 Å². The number of amides is 3. The molecule has 0 fully saturated rings. The van der Waals surface area contributed by atoms with Gasteiger partial charge < -0.3 is 42.5 Å². The van der Waals surface area contributed by atoms with Crippen molar-refractivity contribution in [1.29, 1.82) is 0 Å². The number of nitrogens with two attached hydrogens (primary N) is 2. The topological polar surface area (TPSA) is 208 Å². The molecule has 12 heteroatoms. The smallest absolute Gasteiger partial charge is 0.326 e. The average Bonchev–Trinajstić information content (AvgIpc) is 3.63. The van der Waals surface area contributed by atoms with Crippen molar-refractivity contribution in [2.75, 3.05) is 6.54 Å². The number of aliphatic carboxylic acids is 1. The van der Waals surface area contributed by atoms with Crippen LogP contribution in [-0.2, 0) is 32.0 Å². The molecule has 4 rings (SSSR count). The lowest BCUT2D eigenvalue weighted by atomic mass is 10.0. The van der Waals surface area contributed by atoms with Crippen LogP contribution in [0.4, 0.5) is 0 Å². The Bertz CT molecular complexity index is 1630. The molecule has 2 aromatic heterocycles. The summed E-state index contributed by atoms with van der Waals surface area (Å²) in [6.45, 7) is 4.04. The van der Waals surface area contributed by atoms with E-state index in [1.54, 1.807) is 12.4 Å². The number of nitrogens with one attached hydrogen (secondary N) is 5. The van der Waals surface area contributed by atoms with E-state index >= 15 is 0 Å². The van der Waals surface area contributed by atoms with Crippen molar-refractivity contribution in [3.63, 3.8) is 0 Å². The van der Waals surface area contributed by atoms with E-state index in [-0.39, 0.29) is 18.8 Å². The molecule has 4 atom stereocenters. The molecular formula is C33H43N7O5. The van der Waals surface area contributed by atoms with Gasteiger partial charge in [0.1, 0.15) is 18.1 Å². The fraction of sp³-hybridized carbons (Fsp3) is 0.394. The van der Waals surface area contributed by atoms with Gasteiger partial charge in [-0.05, 0) is 55.0 Å². The third-order valence-corrected chi connectivity index (χ3v) is 8.05. The molecule has 10 N–H and O–H groups in total. The highest BCUT2D eigenvalue weighted by Crippen LogP contribution is 2.21. The first-order chi connectivity index (χ1) is 21.6. The van der Waals surface area contributed by atoms with E-state index in [9.17, 15) is 24.3 Å². The van der Waals surface area contributed by atoms with Crippen LogP contribution in [-0.4, -0.2) is 69.5 Å². The van der Waals surface area contributed by atoms with Crippen LogP contribution in [0.25, 0.3) is 21.8 Å². The largest absolute Gasteiger partial charge is 0.480 e. The normalized spacial score (nSPS) is 14.2. The van der Waals surface area contributed by atoms with Crippen molar-refractivity contribution in [2.45, 2.75) is 70.1 Å². The zero-order valence-electron chi connectivity index (χ0n) is 25.6. The number of rotatable bonds is 16. The molecule has 45 heavy (non-hydrogen) atoms. The fourth-order valence-corrected chi connectivity index (χ4v) is 5.33. The van der Waals surface area contributed by atoms with E-state index in [0.29, 0.717) is 25.8 Å². The Morgan fingerprint density at radius 3 is 1.76 bits per heavy atom. The number of aromatic nitrogens is 2. The van der Waals surface area contributed by atoms with Crippen molar-refractivity contribution in [2.24, 2.45) is 17.4 Å². The minimum absolute atomic E-state index is 0.0314. The predicted molar refractivity (Wildman–Crippen MR) is 173 cm³/mol. The van der Waals surface area contributed by atoms with Gasteiger partial charge in [-0.3, -0.25) is 14.4 Å². The Balaban J connectivity index is 1.59. The number of carboxylic acid groups (broad SMARTS) is 1. The van der Waals surface area contributed by atoms with E-state index in [4.69, 9.17) is 11.5 Å². The first-order valence-corrected chi connectivity index (χ1v) is 15.3. The number of carboxylic acids is 1. The van der Waals surface area contributed by atoms with Crippen LogP contribution in [0.1, 0.15) is 44.2 Å². The van der Waals surface area contributed by atoms with Crippen LogP contribution >= 0.6 is 0 Å². The van der Waals surface area contributed by atoms with Crippen molar-refractivity contribution in [3.8, 4) is 0 Å². The van der Waals surface area contributed by atoms with E-state index in [1.165, 1.54) is 0 Å². The van der Waals surface area contributed by atoms with Gasteiger partial charge in [-0.25, -0.2) is 4.79 Å². The van der Waals surface area contributed by atoms with E-state index in [0.717, 1.165) is 32.9 Å². The van der Waals surface area contributed by atoms with E-state index in [1.807, 2.05) is 62.4 Å². The SMILES string of the molecule is CC(C)C(N)C(=O)NC(CCCCN)C(=O)NC(Cc1c[nH]c2ccccc12)C(=O)NC(Cc1c[nH]c2ccccc12)C(=O)O. The van der Waals surface area contributed by atoms with Crippen molar-refractivity contribution < 1.29 is 24.3 Å². The average molecular weight is 618 g/mol. The Kier molecular flexibility index (Phi) is 11.3. The monoisotopic (exact) mass is 617 g/mol. The number of aromatic amines is 2. The standard InChI is InChI=1S/C33H43N7O5/c1-19(2)29(35)32(43)38-26(13-7-8-14-34)30(41)39-27(15-20-17-36-24-11-5-3-9-22(20)24)31(42)40-28(33(44)45)16-21-18-37-25-12-6-4-10-23(21)25/h3-6,9-12,17-19,26-29,36-37H,7-8,13-16,34-35H2,1-2H3,(H,38,43)(H,39,41)(H,40,42)(H,44,45). The van der Waals surface area contributed by atoms with Gasteiger partial charge in [-0.1, -0.05) is 50.2 Å². The summed E-state index contributed by atoms with van der Waals surface area (Å²) in [6.07, 6.45) is 5.10. The number of fused-ring (bicyclic) bond motifs is 2. The van der Waals surface area contributed by atoms with E-state index < -0.39 is 47.9 Å². The molecule has 0 aliphatic rings. The highest BCUT2D eigenvalue weighted by molar-refractivity contribution is 5.95. The number of benzene rings is 2. The summed E-state index contributed by atoms with van der Waals surface area (Å²) in [5.41, 5.74) is 14.9. The van der Waals surface area contributed by atoms with Gasteiger partial charge >= 0.3 is 5.97 Å². The van der Waals surface area contributed by atoms with Crippen LogP contribution in [0, 0.1) is 5.92 Å². The summed E-state index contributed by atoms with van der Waals surface area (Å²) < 4.78 is 0. The molecule has 0 saturated carbocycles. The number of carbonyl (C=O) groups is 4. The summed E-state index contributed by atoms with van der Waals surface area (Å²) in [6, 6.07) is 10.9. The third kappa shape index (κ3) is 8.49. The number of carbonyl (C=O) groups excluding carboxylic acids is 3. The van der Waals surface area contributed by atoms with Crippen molar-refractivity contribution in [3.05, 3.63) is 72.1 Å². The van der Waals surface area contributed by atoms with Gasteiger partial charge in [0.25, 0.3) is 0 Å². The summed E-state index contributed by atoms with van der Waals surface area (Å²) in [5, 5.41) is 20.0. The lowest BCUT2D eigenvalue weighted by Crippen LogP contribution is -2.58. The number of H-pyrrole nitrogens is 2. The van der Waals surface area contributed by atoms with Crippen LogP contribution < -0.4 is 27.4 Å². The summed E-state index contributed by atoms with van der Waals surface area (Å²) in [4.78, 5) is 59.0. The molecule has 12 nitrogen and oxygen atoms in total. The minimum atomic E-state index is -1.26. The second-order valence-corrected chi connectivity index (χ2v) is 11.7. The molecule has 3 amide bonds. The second kappa shape index (κ2) is 15.4. The first kappa shape index (κ1) is 33.2. The summed E-state index contributed by atoms with van der Waals surface area (Å²) >= 11 is 0. The Morgan fingerprint density at radius 1 is 0.733 bits per heavy atom. The second-order valence-electron chi connectivity index (χ2n) is 11.7. The zero-order valence-corrected chi connectivity index (χ0v) is 25.6. The predicted octanol–water partition coefficient (Wildman–Crippen LogP) is 2.09. The number of hydrogen-bond acceptors (Lipinski definition) is 6. The molecule has 0 aliphatic carbocycles. The fourth-order valence-electron chi connectivity index (χ4n) is 5.33. The Hall–Kier alpha value is -4.68. The maximum Gasteiger partial charge on any atom is 0.326 e. The highest BCUT2D eigenvalue weighted by atomic mass is 16.4. The number of hydrogen-bond donors (Lipinski definition) is 8. The van der Waals surface area contributed by atoms with Gasteiger partial charge in [0.05, 0.1) is 6.04 Å². The zero-order chi connectivity index (χ0) is 32.5. The Labute approximate surface area is 261 Å². The molecule has 0 saturated heterocycles. The van der Waals surface area contributed by atoms with Crippen LogP contribution in [0.5, 0.6) is 0 Å². The molecule has 0 aliphatic heterocycles. The number of unbranched alkanes of at least 4 members (excludes halogenated alkanes) is 1. The molecule has 2 aromatic carbocycles. The third-order valence-electron chi connectivity index (χ3n) is 8.05. The molecule has 4 aromatic rings. The summed E-state index contributed by atoms with van der Waals surface area (Å²) in [7, 11) is 0. The minimum Gasteiger partial charge on any atom is -0.480 e. The molecular weight excluding hydrogens is 574 g/mol. The molecule has 2 heterocycles. The molecule has 0 radical (unpaired) electrons. The number of para-hydroxylation sites is 2. The highest BCUT2D eigenvalue weighted by Gasteiger charge is 2.31. The maximum absolute atomic E-state index is 13.8. The van der Waals surface area contributed by atoms with Gasteiger partial charge in [0, 0.05) is 47.0 Å². The van der Waals surface area contributed by atoms with Crippen molar-refractivity contribution >= 4 is 45.5 Å². The quantitative estimate of drug-likeness (QED) is 0.0877.